The fourth-order valence-corrected chi connectivity index (χ4v) is 4.77. The lowest BCUT2D eigenvalue weighted by molar-refractivity contribution is 0.426. The summed E-state index contributed by atoms with van der Waals surface area (Å²) in [7, 11) is -3.52. The molecule has 0 saturated heterocycles. The lowest BCUT2D eigenvalue weighted by atomic mass is 10.0. The van der Waals surface area contributed by atoms with E-state index in [2.05, 4.69) is 17.2 Å². The minimum Gasteiger partial charge on any atom is -0.267 e. The molecule has 134 valence electrons. The highest BCUT2D eigenvalue weighted by molar-refractivity contribution is 7.89. The molecule has 3 aromatic rings. The van der Waals surface area contributed by atoms with E-state index in [0.717, 1.165) is 18.4 Å². The van der Waals surface area contributed by atoms with Gasteiger partial charge in [0.2, 0.25) is 10.0 Å². The van der Waals surface area contributed by atoms with E-state index >= 15 is 0 Å². The van der Waals surface area contributed by atoms with Crippen LogP contribution in [-0.4, -0.2) is 35.6 Å². The monoisotopic (exact) mass is 367 g/mol. The fourth-order valence-electron chi connectivity index (χ4n) is 3.37. The van der Waals surface area contributed by atoms with Crippen LogP contribution in [0.3, 0.4) is 0 Å². The second kappa shape index (κ2) is 7.05. The Kier molecular flexibility index (Phi) is 4.61. The van der Waals surface area contributed by atoms with Gasteiger partial charge in [-0.1, -0.05) is 54.6 Å². The number of sulfonamides is 1. The lowest BCUT2D eigenvalue weighted by Gasteiger charge is -2.18. The molecule has 5 nitrogen and oxygen atoms in total. The predicted molar refractivity (Wildman–Crippen MR) is 100 cm³/mol. The molecule has 2 aromatic carbocycles. The van der Waals surface area contributed by atoms with Crippen LogP contribution in [0, 0.1) is 0 Å². The Labute approximate surface area is 153 Å². The summed E-state index contributed by atoms with van der Waals surface area (Å²) in [6.45, 7) is 1.56. The van der Waals surface area contributed by atoms with Crippen molar-refractivity contribution >= 4 is 10.0 Å². The molecule has 6 heteroatoms. The Morgan fingerprint density at radius 1 is 0.885 bits per heavy atom. The second-order valence-corrected chi connectivity index (χ2v) is 8.47. The van der Waals surface area contributed by atoms with E-state index in [1.807, 2.05) is 42.5 Å². The molecule has 0 atom stereocenters. The van der Waals surface area contributed by atoms with Gasteiger partial charge in [0.25, 0.3) is 0 Å². The van der Waals surface area contributed by atoms with E-state index in [1.54, 1.807) is 15.2 Å². The quantitative estimate of drug-likeness (QED) is 0.712. The van der Waals surface area contributed by atoms with Crippen molar-refractivity contribution in [2.75, 3.05) is 13.1 Å². The summed E-state index contributed by atoms with van der Waals surface area (Å²) >= 11 is 0. The first-order chi connectivity index (χ1) is 12.6. The zero-order valence-corrected chi connectivity index (χ0v) is 15.3. The first-order valence-electron chi connectivity index (χ1n) is 8.76. The third kappa shape index (κ3) is 3.43. The van der Waals surface area contributed by atoms with Crippen molar-refractivity contribution in [1.82, 2.24) is 14.1 Å². The molecular weight excluding hydrogens is 346 g/mol. The zero-order chi connectivity index (χ0) is 18.0. The smallest absolute Gasteiger partial charge is 0.246 e. The number of rotatable bonds is 4. The van der Waals surface area contributed by atoms with Crippen molar-refractivity contribution in [3.8, 4) is 0 Å². The summed E-state index contributed by atoms with van der Waals surface area (Å²) < 4.78 is 29.3. The summed E-state index contributed by atoms with van der Waals surface area (Å²) in [5.41, 5.74) is 3.57. The second-order valence-electron chi connectivity index (χ2n) is 6.53. The fraction of sp³-hybridized carbons (Fsp3) is 0.250. The van der Waals surface area contributed by atoms with Gasteiger partial charge in [-0.25, -0.2) is 8.42 Å². The van der Waals surface area contributed by atoms with Gasteiger partial charge >= 0.3 is 0 Å². The molecule has 4 rings (SSSR count). The molecule has 1 aliphatic rings. The van der Waals surface area contributed by atoms with Crippen molar-refractivity contribution in [3.05, 3.63) is 83.7 Å². The zero-order valence-electron chi connectivity index (χ0n) is 14.5. The van der Waals surface area contributed by atoms with Crippen molar-refractivity contribution in [2.45, 2.75) is 24.3 Å². The highest BCUT2D eigenvalue weighted by Crippen LogP contribution is 2.21. The van der Waals surface area contributed by atoms with Crippen LogP contribution in [0.5, 0.6) is 0 Å². The molecule has 1 aliphatic heterocycles. The number of nitrogens with zero attached hydrogens (tertiary/aromatic N) is 3. The van der Waals surface area contributed by atoms with E-state index in [0.29, 0.717) is 19.6 Å². The summed E-state index contributed by atoms with van der Waals surface area (Å²) in [6.07, 6.45) is 4.57. The molecule has 0 saturated carbocycles. The number of hydrogen-bond acceptors (Lipinski definition) is 3. The Morgan fingerprint density at radius 3 is 2.15 bits per heavy atom. The van der Waals surface area contributed by atoms with E-state index in [4.69, 9.17) is 0 Å². The topological polar surface area (TPSA) is 55.2 Å². The number of aromatic nitrogens is 2. The van der Waals surface area contributed by atoms with Crippen LogP contribution in [0.15, 0.2) is 71.9 Å². The Bertz CT molecular complexity index is 970. The van der Waals surface area contributed by atoms with Crippen molar-refractivity contribution in [2.24, 2.45) is 0 Å². The Balaban J connectivity index is 1.52. The highest BCUT2D eigenvalue weighted by Gasteiger charge is 2.27. The van der Waals surface area contributed by atoms with Crippen LogP contribution in [-0.2, 0) is 29.4 Å². The molecule has 0 radical (unpaired) electrons. The number of fused-ring (bicyclic) bond motifs is 1. The summed E-state index contributed by atoms with van der Waals surface area (Å²) in [4.78, 5) is 0.263. The molecule has 1 aromatic heterocycles. The van der Waals surface area contributed by atoms with Gasteiger partial charge in [-0.2, -0.15) is 9.40 Å². The SMILES string of the molecule is O=S(=O)(c1cnn(Cc2ccccc2)c1)N1CCc2ccccc2CC1. The molecule has 26 heavy (non-hydrogen) atoms. The van der Waals surface area contributed by atoms with Gasteiger partial charge in [0, 0.05) is 19.3 Å². The third-order valence-electron chi connectivity index (χ3n) is 4.81. The average Bonchev–Trinajstić information content (AvgIpc) is 3.01. The lowest BCUT2D eigenvalue weighted by Crippen LogP contribution is -2.33. The number of hydrogen-bond donors (Lipinski definition) is 0. The van der Waals surface area contributed by atoms with Crippen LogP contribution in [0.2, 0.25) is 0 Å². The van der Waals surface area contributed by atoms with Gasteiger partial charge < -0.3 is 0 Å². The van der Waals surface area contributed by atoms with Crippen LogP contribution in [0.25, 0.3) is 0 Å². The summed E-state index contributed by atoms with van der Waals surface area (Å²) in [5.74, 6) is 0. The van der Waals surface area contributed by atoms with Crippen molar-refractivity contribution in [1.29, 1.82) is 0 Å². The third-order valence-corrected chi connectivity index (χ3v) is 6.67. The molecule has 0 amide bonds. The molecule has 0 spiro atoms. The highest BCUT2D eigenvalue weighted by atomic mass is 32.2. The predicted octanol–water partition coefficient (Wildman–Crippen LogP) is 2.72. The van der Waals surface area contributed by atoms with Crippen LogP contribution in [0.1, 0.15) is 16.7 Å². The van der Waals surface area contributed by atoms with Gasteiger partial charge in [-0.05, 0) is 29.5 Å². The van der Waals surface area contributed by atoms with Gasteiger partial charge in [-0.15, -0.1) is 0 Å². The minimum atomic E-state index is -3.52. The Hall–Kier alpha value is -2.44. The average molecular weight is 367 g/mol. The standard InChI is InChI=1S/C20H21N3O2S/c24-26(25,23-12-10-18-8-4-5-9-19(18)11-13-23)20-14-21-22(16-20)15-17-6-2-1-3-7-17/h1-9,14,16H,10-13,15H2. The summed E-state index contributed by atoms with van der Waals surface area (Å²) in [5, 5.41) is 4.25. The van der Waals surface area contributed by atoms with Gasteiger partial charge in [-0.3, -0.25) is 4.68 Å². The van der Waals surface area contributed by atoms with Crippen LogP contribution in [0.4, 0.5) is 0 Å². The van der Waals surface area contributed by atoms with Crippen molar-refractivity contribution < 1.29 is 8.42 Å². The minimum absolute atomic E-state index is 0.263. The molecular formula is C20H21N3O2S. The maximum atomic E-state index is 13.0. The molecule has 0 fully saturated rings. The maximum Gasteiger partial charge on any atom is 0.246 e. The van der Waals surface area contributed by atoms with E-state index in [9.17, 15) is 8.42 Å². The maximum absolute atomic E-state index is 13.0. The van der Waals surface area contributed by atoms with E-state index < -0.39 is 10.0 Å². The first kappa shape index (κ1) is 17.0. The van der Waals surface area contributed by atoms with Gasteiger partial charge in [0.1, 0.15) is 4.90 Å². The van der Waals surface area contributed by atoms with Crippen LogP contribution >= 0.6 is 0 Å². The normalized spacial score (nSPS) is 15.4. The molecule has 2 heterocycles. The first-order valence-corrected chi connectivity index (χ1v) is 10.2. The van der Waals surface area contributed by atoms with Crippen molar-refractivity contribution in [3.63, 3.8) is 0 Å². The molecule has 0 aliphatic carbocycles. The van der Waals surface area contributed by atoms with E-state index in [-0.39, 0.29) is 4.90 Å². The molecule has 0 unspecified atom stereocenters. The Morgan fingerprint density at radius 2 is 1.50 bits per heavy atom. The molecule has 0 bridgehead atoms. The summed E-state index contributed by atoms with van der Waals surface area (Å²) in [6, 6.07) is 18.1. The van der Waals surface area contributed by atoms with Crippen LogP contribution < -0.4 is 0 Å². The number of benzene rings is 2. The van der Waals surface area contributed by atoms with Gasteiger partial charge in [0.05, 0.1) is 12.7 Å². The van der Waals surface area contributed by atoms with E-state index in [1.165, 1.54) is 17.3 Å². The molecule has 0 N–H and O–H groups in total. The largest absolute Gasteiger partial charge is 0.267 e. The van der Waals surface area contributed by atoms with Gasteiger partial charge in [0.15, 0.2) is 0 Å².